The zero-order valence-electron chi connectivity index (χ0n) is 13.5. The predicted octanol–water partition coefficient (Wildman–Crippen LogP) is 3.51. The number of hydrogen-bond donors (Lipinski definition) is 2. The number of rotatable bonds is 7. The quantitative estimate of drug-likeness (QED) is 0.622. The van der Waals surface area contributed by atoms with E-state index in [2.05, 4.69) is 15.5 Å². The van der Waals surface area contributed by atoms with Gasteiger partial charge < -0.3 is 11.1 Å². The van der Waals surface area contributed by atoms with Crippen molar-refractivity contribution in [3.05, 3.63) is 71.8 Å². The molecule has 0 fully saturated rings. The van der Waals surface area contributed by atoms with E-state index in [1.807, 2.05) is 60.7 Å². The van der Waals surface area contributed by atoms with Crippen LogP contribution in [0.4, 0.5) is 5.13 Å². The summed E-state index contributed by atoms with van der Waals surface area (Å²) in [5, 5.41) is 11.3. The van der Waals surface area contributed by atoms with E-state index in [4.69, 9.17) is 5.73 Å². The summed E-state index contributed by atoms with van der Waals surface area (Å²) in [6.45, 7) is 0. The van der Waals surface area contributed by atoms with Crippen molar-refractivity contribution in [3.8, 4) is 0 Å². The highest BCUT2D eigenvalue weighted by atomic mass is 32.2. The van der Waals surface area contributed by atoms with E-state index in [0.717, 1.165) is 15.5 Å². The van der Waals surface area contributed by atoms with E-state index in [-0.39, 0.29) is 11.9 Å². The zero-order chi connectivity index (χ0) is 17.5. The highest BCUT2D eigenvalue weighted by molar-refractivity contribution is 8.01. The monoisotopic (exact) mass is 370 g/mol. The summed E-state index contributed by atoms with van der Waals surface area (Å²) in [6, 6.07) is 19.8. The molecule has 3 N–H and O–H groups in total. The van der Waals surface area contributed by atoms with Crippen LogP contribution in [0, 0.1) is 0 Å². The van der Waals surface area contributed by atoms with E-state index in [1.54, 1.807) is 0 Å². The second-order valence-electron chi connectivity index (χ2n) is 5.33. The number of carbonyl (C=O) groups is 1. The third-order valence-corrected chi connectivity index (χ3v) is 5.44. The fourth-order valence-corrected chi connectivity index (χ4v) is 4.04. The van der Waals surface area contributed by atoms with Crippen LogP contribution < -0.4 is 11.1 Å². The molecule has 5 nitrogen and oxygen atoms in total. The molecule has 2 aromatic carbocycles. The van der Waals surface area contributed by atoms with Gasteiger partial charge in [0, 0.05) is 12.2 Å². The van der Waals surface area contributed by atoms with Crippen LogP contribution in [0.3, 0.4) is 0 Å². The van der Waals surface area contributed by atoms with Crippen molar-refractivity contribution in [2.24, 2.45) is 0 Å². The number of anilines is 1. The Morgan fingerprint density at radius 2 is 1.64 bits per heavy atom. The average molecular weight is 371 g/mol. The standard InChI is InChI=1S/C18H18N4OS2/c19-17-21-22-18(25-17)24-12-11-15(23)20-16(13-7-3-1-4-8-13)14-9-5-2-6-10-14/h1-10,16H,11-12H2,(H2,19,21)(H,20,23). The molecule has 0 saturated carbocycles. The summed E-state index contributed by atoms with van der Waals surface area (Å²) < 4.78 is 0.785. The van der Waals surface area contributed by atoms with Crippen LogP contribution >= 0.6 is 23.1 Å². The van der Waals surface area contributed by atoms with Crippen LogP contribution in [0.1, 0.15) is 23.6 Å². The van der Waals surface area contributed by atoms with Gasteiger partial charge in [0.05, 0.1) is 6.04 Å². The maximum atomic E-state index is 12.4. The third kappa shape index (κ3) is 5.04. The number of thioether (sulfide) groups is 1. The van der Waals surface area contributed by atoms with Crippen molar-refractivity contribution in [1.29, 1.82) is 0 Å². The normalized spacial score (nSPS) is 10.8. The molecule has 1 heterocycles. The van der Waals surface area contributed by atoms with Crippen LogP contribution in [0.5, 0.6) is 0 Å². The Bertz CT molecular complexity index is 769. The van der Waals surface area contributed by atoms with Gasteiger partial charge in [-0.05, 0) is 11.1 Å². The first-order valence-electron chi connectivity index (χ1n) is 7.83. The number of nitrogens with zero attached hydrogens (tertiary/aromatic N) is 2. The summed E-state index contributed by atoms with van der Waals surface area (Å²) in [5.41, 5.74) is 7.68. The largest absolute Gasteiger partial charge is 0.374 e. The Labute approximate surface area is 154 Å². The Hall–Kier alpha value is -2.38. The minimum absolute atomic E-state index is 0.00249. The number of hydrogen-bond acceptors (Lipinski definition) is 6. The molecule has 25 heavy (non-hydrogen) atoms. The highest BCUT2D eigenvalue weighted by Gasteiger charge is 2.16. The van der Waals surface area contributed by atoms with Gasteiger partial charge in [-0.3, -0.25) is 4.79 Å². The maximum absolute atomic E-state index is 12.4. The topological polar surface area (TPSA) is 80.9 Å². The fourth-order valence-electron chi connectivity index (χ4n) is 2.39. The molecule has 0 bridgehead atoms. The Balaban J connectivity index is 1.62. The van der Waals surface area contributed by atoms with Gasteiger partial charge in [-0.15, -0.1) is 10.2 Å². The number of benzene rings is 2. The van der Waals surface area contributed by atoms with Crippen molar-refractivity contribution in [2.75, 3.05) is 11.5 Å². The van der Waals surface area contributed by atoms with Gasteiger partial charge in [-0.2, -0.15) is 0 Å². The lowest BCUT2D eigenvalue weighted by Gasteiger charge is -2.19. The Kier molecular flexibility index (Phi) is 6.03. The number of nitrogens with one attached hydrogen (secondary N) is 1. The molecule has 0 aliphatic carbocycles. The molecule has 1 amide bonds. The first kappa shape index (κ1) is 17.4. The minimum Gasteiger partial charge on any atom is -0.374 e. The molecular formula is C18H18N4OS2. The van der Waals surface area contributed by atoms with Gasteiger partial charge in [0.1, 0.15) is 0 Å². The summed E-state index contributed by atoms with van der Waals surface area (Å²) in [7, 11) is 0. The molecule has 1 aromatic heterocycles. The molecule has 3 rings (SSSR count). The number of carbonyl (C=O) groups excluding carboxylic acids is 1. The minimum atomic E-state index is -0.155. The lowest BCUT2D eigenvalue weighted by atomic mass is 9.98. The highest BCUT2D eigenvalue weighted by Crippen LogP contribution is 2.25. The van der Waals surface area contributed by atoms with Crippen molar-refractivity contribution < 1.29 is 4.79 Å². The smallest absolute Gasteiger partial charge is 0.221 e. The molecule has 7 heteroatoms. The Morgan fingerprint density at radius 3 is 2.16 bits per heavy atom. The number of nitrogens with two attached hydrogens (primary N) is 1. The van der Waals surface area contributed by atoms with Crippen LogP contribution in [0.15, 0.2) is 65.0 Å². The molecule has 128 valence electrons. The summed E-state index contributed by atoms with van der Waals surface area (Å²) in [4.78, 5) is 12.4. The molecule has 0 aliphatic heterocycles. The fraction of sp³-hybridized carbons (Fsp3) is 0.167. The molecule has 0 aliphatic rings. The Morgan fingerprint density at radius 1 is 1.04 bits per heavy atom. The molecule has 0 unspecified atom stereocenters. The molecular weight excluding hydrogens is 352 g/mol. The van der Waals surface area contributed by atoms with Crippen molar-refractivity contribution in [3.63, 3.8) is 0 Å². The molecule has 0 saturated heterocycles. The van der Waals surface area contributed by atoms with Gasteiger partial charge in [0.15, 0.2) is 4.34 Å². The molecule has 0 spiro atoms. The average Bonchev–Trinajstić information content (AvgIpc) is 3.06. The van der Waals surface area contributed by atoms with Crippen LogP contribution in [0.25, 0.3) is 0 Å². The van der Waals surface area contributed by atoms with E-state index < -0.39 is 0 Å². The summed E-state index contributed by atoms with van der Waals surface area (Å²) in [6.07, 6.45) is 0.403. The second-order valence-corrected chi connectivity index (χ2v) is 7.68. The SMILES string of the molecule is Nc1nnc(SCCC(=O)NC(c2ccccc2)c2ccccc2)s1. The van der Waals surface area contributed by atoms with Gasteiger partial charge >= 0.3 is 0 Å². The molecule has 3 aromatic rings. The maximum Gasteiger partial charge on any atom is 0.221 e. The van der Waals surface area contributed by atoms with Gasteiger partial charge in [-0.1, -0.05) is 83.8 Å². The van der Waals surface area contributed by atoms with Crippen LogP contribution in [0.2, 0.25) is 0 Å². The van der Waals surface area contributed by atoms with E-state index in [1.165, 1.54) is 23.1 Å². The van der Waals surface area contributed by atoms with Crippen LogP contribution in [-0.2, 0) is 4.79 Å². The van der Waals surface area contributed by atoms with Crippen molar-refractivity contribution in [1.82, 2.24) is 15.5 Å². The van der Waals surface area contributed by atoms with E-state index in [0.29, 0.717) is 17.3 Å². The summed E-state index contributed by atoms with van der Waals surface area (Å²) in [5.74, 6) is 0.638. The van der Waals surface area contributed by atoms with E-state index in [9.17, 15) is 4.79 Å². The first-order chi connectivity index (χ1) is 12.2. The van der Waals surface area contributed by atoms with E-state index >= 15 is 0 Å². The second kappa shape index (κ2) is 8.64. The van der Waals surface area contributed by atoms with Crippen molar-refractivity contribution in [2.45, 2.75) is 16.8 Å². The summed E-state index contributed by atoms with van der Waals surface area (Å²) >= 11 is 2.83. The van der Waals surface area contributed by atoms with Gasteiger partial charge in [0.25, 0.3) is 0 Å². The predicted molar refractivity (Wildman–Crippen MR) is 103 cm³/mol. The number of nitrogen functional groups attached to an aromatic ring is 1. The zero-order valence-corrected chi connectivity index (χ0v) is 15.1. The lowest BCUT2D eigenvalue weighted by molar-refractivity contribution is -0.121. The van der Waals surface area contributed by atoms with Crippen molar-refractivity contribution >= 4 is 34.1 Å². The van der Waals surface area contributed by atoms with Crippen LogP contribution in [-0.4, -0.2) is 21.9 Å². The molecule has 0 radical (unpaired) electrons. The van der Waals surface area contributed by atoms with Gasteiger partial charge in [-0.25, -0.2) is 0 Å². The third-order valence-electron chi connectivity index (χ3n) is 3.55. The van der Waals surface area contributed by atoms with Gasteiger partial charge in [0.2, 0.25) is 11.0 Å². The number of amides is 1. The lowest BCUT2D eigenvalue weighted by Crippen LogP contribution is -2.29. The first-order valence-corrected chi connectivity index (χ1v) is 9.63. The molecule has 0 atom stereocenters. The number of aromatic nitrogens is 2.